The molecule has 0 aliphatic carbocycles. The van der Waals surface area contributed by atoms with Gasteiger partial charge in [-0.1, -0.05) is 13.8 Å². The fourth-order valence-electron chi connectivity index (χ4n) is 2.61. The molecule has 28 heavy (non-hydrogen) atoms. The van der Waals surface area contributed by atoms with E-state index in [1.807, 2.05) is 0 Å². The summed E-state index contributed by atoms with van der Waals surface area (Å²) in [5.74, 6) is 2.73. The zero-order chi connectivity index (χ0) is 20.7. The van der Waals surface area contributed by atoms with Crippen molar-refractivity contribution < 1.29 is 19.0 Å². The molecule has 2 rings (SSSR count). The van der Waals surface area contributed by atoms with Gasteiger partial charge in [0, 0.05) is 30.4 Å². The Balaban J connectivity index is 2.21. The molecule has 0 aliphatic heterocycles. The number of amides is 1. The maximum atomic E-state index is 12.7. The monoisotopic (exact) mass is 388 g/mol. The lowest BCUT2D eigenvalue weighted by molar-refractivity contribution is 0.102. The van der Waals surface area contributed by atoms with Crippen LogP contribution in [-0.4, -0.2) is 43.7 Å². The molecule has 0 atom stereocenters. The van der Waals surface area contributed by atoms with E-state index in [0.717, 1.165) is 13.0 Å². The second-order valence-corrected chi connectivity index (χ2v) is 6.66. The number of rotatable bonds is 9. The second kappa shape index (κ2) is 9.77. The van der Waals surface area contributed by atoms with Crippen molar-refractivity contribution >= 4 is 17.4 Å². The predicted molar refractivity (Wildman–Crippen MR) is 109 cm³/mol. The van der Waals surface area contributed by atoms with Crippen LogP contribution < -0.4 is 24.8 Å². The number of nitrogens with zero attached hydrogens (tertiary/aromatic N) is 2. The summed E-state index contributed by atoms with van der Waals surface area (Å²) < 4.78 is 15.9. The molecular weight excluding hydrogens is 360 g/mol. The van der Waals surface area contributed by atoms with Crippen LogP contribution in [0.25, 0.3) is 0 Å². The topological polar surface area (TPSA) is 94.6 Å². The molecule has 0 radical (unpaired) electrons. The molecule has 1 aromatic carbocycles. The maximum Gasteiger partial charge on any atom is 0.274 e. The largest absolute Gasteiger partial charge is 0.493 e. The van der Waals surface area contributed by atoms with Crippen molar-refractivity contribution in [3.05, 3.63) is 29.7 Å². The number of aromatic nitrogens is 2. The van der Waals surface area contributed by atoms with Crippen LogP contribution >= 0.6 is 0 Å². The maximum absolute atomic E-state index is 12.7. The highest BCUT2D eigenvalue weighted by molar-refractivity contribution is 6.03. The van der Waals surface area contributed by atoms with E-state index in [9.17, 15) is 4.79 Å². The lowest BCUT2D eigenvalue weighted by atomic mass is 10.1. The van der Waals surface area contributed by atoms with Crippen LogP contribution in [-0.2, 0) is 0 Å². The smallest absolute Gasteiger partial charge is 0.274 e. The molecule has 0 spiro atoms. The first-order chi connectivity index (χ1) is 13.4. The van der Waals surface area contributed by atoms with Crippen molar-refractivity contribution in [2.75, 3.05) is 38.5 Å². The van der Waals surface area contributed by atoms with Gasteiger partial charge in [-0.25, -0.2) is 9.97 Å². The Labute approximate surface area is 165 Å². The number of ether oxygens (including phenoxy) is 3. The number of hydrogen-bond acceptors (Lipinski definition) is 7. The molecule has 8 heteroatoms. The van der Waals surface area contributed by atoms with Gasteiger partial charge in [0.2, 0.25) is 5.75 Å². The highest BCUT2D eigenvalue weighted by Gasteiger charge is 2.16. The molecule has 0 fully saturated rings. The van der Waals surface area contributed by atoms with Crippen LogP contribution in [0.15, 0.2) is 18.2 Å². The average Bonchev–Trinajstić information content (AvgIpc) is 2.66. The third-order valence-electron chi connectivity index (χ3n) is 4.02. The molecular formula is C20H28N4O4. The Morgan fingerprint density at radius 2 is 1.68 bits per heavy atom. The van der Waals surface area contributed by atoms with Gasteiger partial charge in [-0.15, -0.1) is 0 Å². The fourth-order valence-corrected chi connectivity index (χ4v) is 2.61. The van der Waals surface area contributed by atoms with Crippen molar-refractivity contribution in [1.82, 2.24) is 9.97 Å². The van der Waals surface area contributed by atoms with Crippen molar-refractivity contribution in [3.8, 4) is 17.2 Å². The Bertz CT molecular complexity index is 799. The van der Waals surface area contributed by atoms with Crippen LogP contribution in [0.5, 0.6) is 17.2 Å². The highest BCUT2D eigenvalue weighted by Crippen LogP contribution is 2.40. The molecule has 0 saturated carbocycles. The van der Waals surface area contributed by atoms with Crippen molar-refractivity contribution in [3.63, 3.8) is 0 Å². The standard InChI is InChI=1S/C20H28N4O4/c1-12(2)7-8-21-18-11-15(22-13(3)23-18)20(25)24-14-9-16(26-4)19(28-6)17(10-14)27-5/h9-12H,7-8H2,1-6H3,(H,24,25)(H,21,22,23). The summed E-state index contributed by atoms with van der Waals surface area (Å²) in [6, 6.07) is 4.96. The molecule has 2 N–H and O–H groups in total. The summed E-state index contributed by atoms with van der Waals surface area (Å²) in [5.41, 5.74) is 0.776. The van der Waals surface area contributed by atoms with E-state index >= 15 is 0 Å². The second-order valence-electron chi connectivity index (χ2n) is 6.66. The molecule has 1 amide bonds. The third-order valence-corrected chi connectivity index (χ3v) is 4.02. The van der Waals surface area contributed by atoms with Crippen molar-refractivity contribution in [2.24, 2.45) is 5.92 Å². The van der Waals surface area contributed by atoms with Gasteiger partial charge >= 0.3 is 0 Å². The van der Waals surface area contributed by atoms with Gasteiger partial charge < -0.3 is 24.8 Å². The molecule has 0 aliphatic rings. The SMILES string of the molecule is COc1cc(NC(=O)c2cc(NCCC(C)C)nc(C)n2)cc(OC)c1OC. The number of carbonyl (C=O) groups is 1. The number of carbonyl (C=O) groups excluding carboxylic acids is 1. The van der Waals surface area contributed by atoms with E-state index in [1.54, 1.807) is 25.1 Å². The van der Waals surface area contributed by atoms with E-state index in [2.05, 4.69) is 34.4 Å². The first-order valence-corrected chi connectivity index (χ1v) is 9.08. The van der Waals surface area contributed by atoms with Crippen molar-refractivity contribution in [1.29, 1.82) is 0 Å². The van der Waals surface area contributed by atoms with Gasteiger partial charge in [-0.3, -0.25) is 4.79 Å². The molecule has 1 aromatic heterocycles. The summed E-state index contributed by atoms with van der Waals surface area (Å²) in [4.78, 5) is 21.3. The van der Waals surface area contributed by atoms with Crippen LogP contribution in [0.1, 0.15) is 36.6 Å². The van der Waals surface area contributed by atoms with Gasteiger partial charge in [0.05, 0.1) is 21.3 Å². The number of methoxy groups -OCH3 is 3. The summed E-state index contributed by atoms with van der Waals surface area (Å²) in [7, 11) is 4.56. The summed E-state index contributed by atoms with van der Waals surface area (Å²) >= 11 is 0. The molecule has 0 unspecified atom stereocenters. The van der Waals surface area contributed by atoms with Crippen LogP contribution in [0.3, 0.4) is 0 Å². The van der Waals surface area contributed by atoms with E-state index in [4.69, 9.17) is 14.2 Å². The number of nitrogens with one attached hydrogen (secondary N) is 2. The molecule has 0 bridgehead atoms. The Hall–Kier alpha value is -3.03. The van der Waals surface area contributed by atoms with Crippen LogP contribution in [0, 0.1) is 12.8 Å². The van der Waals surface area contributed by atoms with Gasteiger partial charge in [-0.05, 0) is 19.3 Å². The lowest BCUT2D eigenvalue weighted by Gasteiger charge is -2.15. The quantitative estimate of drug-likeness (QED) is 0.679. The normalized spacial score (nSPS) is 10.5. The lowest BCUT2D eigenvalue weighted by Crippen LogP contribution is -2.16. The number of hydrogen-bond donors (Lipinski definition) is 2. The zero-order valence-corrected chi connectivity index (χ0v) is 17.3. The van der Waals surface area contributed by atoms with Gasteiger partial charge in [0.25, 0.3) is 5.91 Å². The molecule has 8 nitrogen and oxygen atoms in total. The molecule has 152 valence electrons. The number of anilines is 2. The minimum absolute atomic E-state index is 0.272. The molecule has 2 aromatic rings. The zero-order valence-electron chi connectivity index (χ0n) is 17.3. The van der Waals surface area contributed by atoms with E-state index in [-0.39, 0.29) is 11.6 Å². The Morgan fingerprint density at radius 3 is 2.21 bits per heavy atom. The van der Waals surface area contributed by atoms with Gasteiger partial charge in [0.1, 0.15) is 17.3 Å². The van der Waals surface area contributed by atoms with Crippen molar-refractivity contribution in [2.45, 2.75) is 27.2 Å². The average molecular weight is 388 g/mol. The first kappa shape index (κ1) is 21.3. The minimum atomic E-state index is -0.355. The summed E-state index contributed by atoms with van der Waals surface area (Å²) in [6.45, 7) is 6.85. The van der Waals surface area contributed by atoms with E-state index < -0.39 is 0 Å². The van der Waals surface area contributed by atoms with Crippen LogP contribution in [0.4, 0.5) is 11.5 Å². The van der Waals surface area contributed by atoms with Crippen LogP contribution in [0.2, 0.25) is 0 Å². The van der Waals surface area contributed by atoms with E-state index in [1.165, 1.54) is 21.3 Å². The highest BCUT2D eigenvalue weighted by atomic mass is 16.5. The number of benzene rings is 1. The van der Waals surface area contributed by atoms with E-state index in [0.29, 0.717) is 40.5 Å². The Kier molecular flexibility index (Phi) is 7.43. The minimum Gasteiger partial charge on any atom is -0.493 e. The predicted octanol–water partition coefficient (Wildman–Crippen LogP) is 3.52. The molecule has 0 saturated heterocycles. The number of aryl methyl sites for hydroxylation is 1. The summed E-state index contributed by atoms with van der Waals surface area (Å²) in [5, 5.41) is 6.06. The van der Waals surface area contributed by atoms with Gasteiger partial charge in [-0.2, -0.15) is 0 Å². The third kappa shape index (κ3) is 5.48. The molecule has 1 heterocycles. The van der Waals surface area contributed by atoms with Gasteiger partial charge in [0.15, 0.2) is 11.5 Å². The fraction of sp³-hybridized carbons (Fsp3) is 0.450. The summed E-state index contributed by atoms with van der Waals surface area (Å²) in [6.07, 6.45) is 1.01. The first-order valence-electron chi connectivity index (χ1n) is 9.08. The Morgan fingerprint density at radius 1 is 1.04 bits per heavy atom.